The van der Waals surface area contributed by atoms with Crippen molar-refractivity contribution >= 4 is 5.69 Å². The Balaban J connectivity index is 2.41. The molecule has 1 atom stereocenters. The van der Waals surface area contributed by atoms with Gasteiger partial charge < -0.3 is 4.90 Å². The summed E-state index contributed by atoms with van der Waals surface area (Å²) >= 11 is 0. The SMILES string of the molecule is CCCN1c2ccccc2C(C)(C)C1CC(C)C. The van der Waals surface area contributed by atoms with Crippen LogP contribution in [0.2, 0.25) is 0 Å². The minimum atomic E-state index is 0.274. The zero-order chi connectivity index (χ0) is 13.3. The predicted octanol–water partition coefficient (Wildman–Crippen LogP) is 4.61. The average Bonchev–Trinajstić information content (AvgIpc) is 2.51. The van der Waals surface area contributed by atoms with Crippen molar-refractivity contribution in [2.45, 2.75) is 58.9 Å². The molecule has 100 valence electrons. The first-order valence-electron chi connectivity index (χ1n) is 7.34. The molecule has 0 aromatic heterocycles. The molecule has 0 N–H and O–H groups in total. The van der Waals surface area contributed by atoms with Gasteiger partial charge in [0.05, 0.1) is 0 Å². The topological polar surface area (TPSA) is 3.24 Å². The van der Waals surface area contributed by atoms with Gasteiger partial charge in [-0.25, -0.2) is 0 Å². The van der Waals surface area contributed by atoms with Crippen molar-refractivity contribution in [1.82, 2.24) is 0 Å². The Labute approximate surface area is 112 Å². The first-order chi connectivity index (χ1) is 8.48. The van der Waals surface area contributed by atoms with Crippen LogP contribution in [0.4, 0.5) is 5.69 Å². The molecule has 1 heterocycles. The van der Waals surface area contributed by atoms with Gasteiger partial charge >= 0.3 is 0 Å². The van der Waals surface area contributed by atoms with Gasteiger partial charge in [0, 0.05) is 23.7 Å². The van der Waals surface area contributed by atoms with Gasteiger partial charge in [-0.3, -0.25) is 0 Å². The van der Waals surface area contributed by atoms with E-state index in [0.717, 1.165) is 5.92 Å². The van der Waals surface area contributed by atoms with Crippen molar-refractivity contribution in [2.24, 2.45) is 5.92 Å². The third kappa shape index (κ3) is 2.15. The van der Waals surface area contributed by atoms with E-state index in [1.54, 1.807) is 0 Å². The van der Waals surface area contributed by atoms with Crippen LogP contribution in [0.3, 0.4) is 0 Å². The summed E-state index contributed by atoms with van der Waals surface area (Å²) in [5, 5.41) is 0. The summed E-state index contributed by atoms with van der Waals surface area (Å²) in [7, 11) is 0. The molecule has 0 spiro atoms. The lowest BCUT2D eigenvalue weighted by atomic mass is 9.77. The van der Waals surface area contributed by atoms with Crippen LogP contribution in [0.1, 0.15) is 53.0 Å². The molecule has 0 amide bonds. The molecule has 2 rings (SSSR count). The first-order valence-corrected chi connectivity index (χ1v) is 7.34. The van der Waals surface area contributed by atoms with Crippen molar-refractivity contribution in [3.05, 3.63) is 29.8 Å². The first kappa shape index (κ1) is 13.5. The summed E-state index contributed by atoms with van der Waals surface area (Å²) in [5.74, 6) is 0.753. The molecule has 0 fully saturated rings. The second-order valence-corrected chi connectivity index (χ2v) is 6.58. The quantitative estimate of drug-likeness (QED) is 0.749. The molecule has 0 radical (unpaired) electrons. The van der Waals surface area contributed by atoms with Gasteiger partial charge in [-0.05, 0) is 30.4 Å². The van der Waals surface area contributed by atoms with Gasteiger partial charge in [0.15, 0.2) is 0 Å². The highest BCUT2D eigenvalue weighted by Crippen LogP contribution is 2.46. The van der Waals surface area contributed by atoms with Crippen LogP contribution < -0.4 is 4.90 Å². The number of fused-ring (bicyclic) bond motifs is 1. The number of hydrogen-bond donors (Lipinski definition) is 0. The van der Waals surface area contributed by atoms with Gasteiger partial charge in [0.2, 0.25) is 0 Å². The van der Waals surface area contributed by atoms with Crippen molar-refractivity contribution in [1.29, 1.82) is 0 Å². The van der Waals surface area contributed by atoms with E-state index < -0.39 is 0 Å². The third-order valence-corrected chi connectivity index (χ3v) is 4.28. The minimum absolute atomic E-state index is 0.274. The predicted molar refractivity (Wildman–Crippen MR) is 80.3 cm³/mol. The summed E-state index contributed by atoms with van der Waals surface area (Å²) in [6.45, 7) is 13.0. The monoisotopic (exact) mass is 245 g/mol. The zero-order valence-electron chi connectivity index (χ0n) is 12.5. The lowest BCUT2D eigenvalue weighted by molar-refractivity contribution is 0.355. The molecule has 0 saturated carbocycles. The summed E-state index contributed by atoms with van der Waals surface area (Å²) in [5.41, 5.74) is 3.27. The lowest BCUT2D eigenvalue weighted by Crippen LogP contribution is -2.42. The Kier molecular flexibility index (Phi) is 3.70. The molecule has 1 heteroatoms. The Bertz CT molecular complexity index is 406. The number of benzene rings is 1. The molecular formula is C17H27N. The van der Waals surface area contributed by atoms with Gasteiger partial charge in [-0.1, -0.05) is 52.8 Å². The molecule has 1 nitrogen and oxygen atoms in total. The molecule has 1 aliphatic rings. The van der Waals surface area contributed by atoms with Crippen LogP contribution in [0, 0.1) is 5.92 Å². The number of para-hydroxylation sites is 1. The maximum Gasteiger partial charge on any atom is 0.0407 e. The van der Waals surface area contributed by atoms with Crippen LogP contribution in [0.15, 0.2) is 24.3 Å². The minimum Gasteiger partial charge on any atom is -0.367 e. The number of nitrogens with zero attached hydrogens (tertiary/aromatic N) is 1. The summed E-state index contributed by atoms with van der Waals surface area (Å²) in [6, 6.07) is 9.62. The number of rotatable bonds is 4. The van der Waals surface area contributed by atoms with E-state index in [-0.39, 0.29) is 5.41 Å². The van der Waals surface area contributed by atoms with Crippen molar-refractivity contribution in [3.63, 3.8) is 0 Å². The summed E-state index contributed by atoms with van der Waals surface area (Å²) in [4.78, 5) is 2.65. The van der Waals surface area contributed by atoms with E-state index in [4.69, 9.17) is 0 Å². The molecule has 1 aromatic carbocycles. The Hall–Kier alpha value is -0.980. The molecule has 18 heavy (non-hydrogen) atoms. The molecule has 1 aromatic rings. The average molecular weight is 245 g/mol. The van der Waals surface area contributed by atoms with Gasteiger partial charge in [0.1, 0.15) is 0 Å². The van der Waals surface area contributed by atoms with E-state index in [9.17, 15) is 0 Å². The summed E-state index contributed by atoms with van der Waals surface area (Å²) < 4.78 is 0. The second-order valence-electron chi connectivity index (χ2n) is 6.58. The van der Waals surface area contributed by atoms with E-state index in [2.05, 4.69) is 63.8 Å². The van der Waals surface area contributed by atoms with E-state index >= 15 is 0 Å². The van der Waals surface area contributed by atoms with Crippen LogP contribution in [0.5, 0.6) is 0 Å². The fourth-order valence-electron chi connectivity index (χ4n) is 3.39. The normalized spacial score (nSPS) is 21.4. The van der Waals surface area contributed by atoms with Crippen LogP contribution >= 0.6 is 0 Å². The maximum absolute atomic E-state index is 2.65. The van der Waals surface area contributed by atoms with Gasteiger partial charge in [-0.2, -0.15) is 0 Å². The molecular weight excluding hydrogens is 218 g/mol. The molecule has 0 aliphatic carbocycles. The van der Waals surface area contributed by atoms with Gasteiger partial charge in [-0.15, -0.1) is 0 Å². The van der Waals surface area contributed by atoms with Crippen LogP contribution in [-0.4, -0.2) is 12.6 Å². The molecule has 1 aliphatic heterocycles. The van der Waals surface area contributed by atoms with Crippen LogP contribution in [-0.2, 0) is 5.41 Å². The lowest BCUT2D eigenvalue weighted by Gasteiger charge is -2.35. The van der Waals surface area contributed by atoms with Gasteiger partial charge in [0.25, 0.3) is 0 Å². The molecule has 1 unspecified atom stereocenters. The largest absolute Gasteiger partial charge is 0.367 e. The third-order valence-electron chi connectivity index (χ3n) is 4.28. The highest BCUT2D eigenvalue weighted by molar-refractivity contribution is 5.63. The summed E-state index contributed by atoms with van der Waals surface area (Å²) in [6.07, 6.45) is 2.50. The smallest absolute Gasteiger partial charge is 0.0407 e. The Morgan fingerprint density at radius 3 is 2.50 bits per heavy atom. The number of anilines is 1. The van der Waals surface area contributed by atoms with Crippen molar-refractivity contribution in [3.8, 4) is 0 Å². The van der Waals surface area contributed by atoms with Crippen LogP contribution in [0.25, 0.3) is 0 Å². The highest BCUT2D eigenvalue weighted by atomic mass is 15.2. The number of hydrogen-bond acceptors (Lipinski definition) is 1. The van der Waals surface area contributed by atoms with E-state index in [1.807, 2.05) is 0 Å². The van der Waals surface area contributed by atoms with E-state index in [0.29, 0.717) is 6.04 Å². The maximum atomic E-state index is 2.65. The fraction of sp³-hybridized carbons (Fsp3) is 0.647. The highest BCUT2D eigenvalue weighted by Gasteiger charge is 2.43. The standard InChI is InChI=1S/C17H27N/c1-6-11-18-15-10-8-7-9-14(15)17(4,5)16(18)12-13(2)3/h7-10,13,16H,6,11-12H2,1-5H3. The van der Waals surface area contributed by atoms with E-state index in [1.165, 1.54) is 30.6 Å². The Morgan fingerprint density at radius 2 is 1.89 bits per heavy atom. The van der Waals surface area contributed by atoms with Crippen molar-refractivity contribution in [2.75, 3.05) is 11.4 Å². The van der Waals surface area contributed by atoms with Crippen molar-refractivity contribution < 1.29 is 0 Å². The fourth-order valence-corrected chi connectivity index (χ4v) is 3.39. The molecule has 0 bridgehead atoms. The zero-order valence-corrected chi connectivity index (χ0v) is 12.5. The second kappa shape index (κ2) is 4.95. The molecule has 0 saturated heterocycles. The Morgan fingerprint density at radius 1 is 1.22 bits per heavy atom.